The lowest BCUT2D eigenvalue weighted by Gasteiger charge is -2.47. The van der Waals surface area contributed by atoms with Crippen LogP contribution in [0.2, 0.25) is 0 Å². The highest BCUT2D eigenvalue weighted by atomic mass is 15.2. The number of hydrogen-bond acceptors (Lipinski definition) is 2. The smallest absolute Gasteiger partial charge is 0.0356 e. The fraction of sp³-hybridized carbons (Fsp3) is 1.00. The Morgan fingerprint density at radius 1 is 0.952 bits per heavy atom. The molecule has 0 spiro atoms. The average molecular weight is 297 g/mol. The Kier molecular flexibility index (Phi) is 8.89. The largest absolute Gasteiger partial charge is 0.312 e. The first kappa shape index (κ1) is 19.0. The second-order valence-electron chi connectivity index (χ2n) is 7.34. The van der Waals surface area contributed by atoms with Crippen LogP contribution in [0.3, 0.4) is 0 Å². The number of rotatable bonds is 9. The first-order valence-electron chi connectivity index (χ1n) is 9.51. The molecule has 1 unspecified atom stereocenters. The molecule has 1 N–H and O–H groups in total. The summed E-state index contributed by atoms with van der Waals surface area (Å²) in [5, 5.41) is 3.95. The highest BCUT2D eigenvalue weighted by Crippen LogP contribution is 2.37. The van der Waals surface area contributed by atoms with Crippen molar-refractivity contribution >= 4 is 0 Å². The van der Waals surface area contributed by atoms with Crippen molar-refractivity contribution in [2.24, 2.45) is 5.92 Å². The zero-order valence-corrected chi connectivity index (χ0v) is 15.4. The maximum Gasteiger partial charge on any atom is 0.0356 e. The molecule has 1 atom stereocenters. The zero-order valence-electron chi connectivity index (χ0n) is 15.4. The molecule has 2 nitrogen and oxygen atoms in total. The summed E-state index contributed by atoms with van der Waals surface area (Å²) >= 11 is 0. The third-order valence-electron chi connectivity index (χ3n) is 5.87. The van der Waals surface area contributed by atoms with Crippen molar-refractivity contribution in [3.05, 3.63) is 0 Å². The van der Waals surface area contributed by atoms with E-state index in [1.807, 2.05) is 0 Å². The van der Waals surface area contributed by atoms with Gasteiger partial charge in [-0.3, -0.25) is 0 Å². The quantitative estimate of drug-likeness (QED) is 0.613. The van der Waals surface area contributed by atoms with Crippen LogP contribution < -0.4 is 5.32 Å². The van der Waals surface area contributed by atoms with E-state index in [2.05, 4.69) is 45.1 Å². The van der Waals surface area contributed by atoms with E-state index in [0.29, 0.717) is 11.6 Å². The fourth-order valence-electron chi connectivity index (χ4n) is 4.21. The van der Waals surface area contributed by atoms with Crippen molar-refractivity contribution in [1.29, 1.82) is 0 Å². The number of hydrogen-bond donors (Lipinski definition) is 1. The molecule has 0 aromatic heterocycles. The molecule has 21 heavy (non-hydrogen) atoms. The van der Waals surface area contributed by atoms with Gasteiger partial charge in [0.05, 0.1) is 0 Å². The zero-order chi connectivity index (χ0) is 15.7. The van der Waals surface area contributed by atoms with Gasteiger partial charge in [-0.2, -0.15) is 0 Å². The molecule has 0 amide bonds. The van der Waals surface area contributed by atoms with E-state index in [0.717, 1.165) is 5.92 Å². The van der Waals surface area contributed by atoms with E-state index in [1.54, 1.807) is 0 Å². The second-order valence-corrected chi connectivity index (χ2v) is 7.34. The van der Waals surface area contributed by atoms with Gasteiger partial charge in [0.25, 0.3) is 0 Å². The molecule has 2 heteroatoms. The van der Waals surface area contributed by atoms with Crippen molar-refractivity contribution < 1.29 is 0 Å². The van der Waals surface area contributed by atoms with Crippen LogP contribution >= 0.6 is 0 Å². The predicted molar refractivity (Wildman–Crippen MR) is 94.9 cm³/mol. The van der Waals surface area contributed by atoms with Gasteiger partial charge in [-0.1, -0.05) is 59.3 Å². The molecule has 0 bridgehead atoms. The predicted octanol–water partition coefficient (Wildman–Crippen LogP) is 4.84. The molecule has 0 aromatic carbocycles. The Bertz CT molecular complexity index is 250. The van der Waals surface area contributed by atoms with E-state index in [4.69, 9.17) is 0 Å². The Balaban J connectivity index is 2.92. The third kappa shape index (κ3) is 5.25. The van der Waals surface area contributed by atoms with Gasteiger partial charge >= 0.3 is 0 Å². The Morgan fingerprint density at radius 3 is 1.95 bits per heavy atom. The SMILES string of the molecule is CCCNC(CC(CC)CC)C1(N(C)C)CCCCCC1. The Morgan fingerprint density at radius 2 is 1.52 bits per heavy atom. The molecule has 0 saturated heterocycles. The van der Waals surface area contributed by atoms with Crippen LogP contribution in [0.25, 0.3) is 0 Å². The van der Waals surface area contributed by atoms with Gasteiger partial charge in [0.1, 0.15) is 0 Å². The van der Waals surface area contributed by atoms with Crippen LogP contribution in [-0.2, 0) is 0 Å². The highest BCUT2D eigenvalue weighted by Gasteiger charge is 2.41. The van der Waals surface area contributed by atoms with Crippen molar-refractivity contribution in [1.82, 2.24) is 10.2 Å². The normalized spacial score (nSPS) is 20.7. The topological polar surface area (TPSA) is 15.3 Å². The van der Waals surface area contributed by atoms with Crippen LogP contribution in [-0.4, -0.2) is 37.1 Å². The summed E-state index contributed by atoms with van der Waals surface area (Å²) in [5.74, 6) is 0.874. The van der Waals surface area contributed by atoms with Gasteiger partial charge in [-0.15, -0.1) is 0 Å². The van der Waals surface area contributed by atoms with E-state index in [1.165, 1.54) is 70.8 Å². The number of nitrogens with one attached hydrogen (secondary N) is 1. The van der Waals surface area contributed by atoms with Crippen molar-refractivity contribution in [3.63, 3.8) is 0 Å². The van der Waals surface area contributed by atoms with E-state index in [-0.39, 0.29) is 0 Å². The molecular weight excluding hydrogens is 256 g/mol. The molecule has 1 fully saturated rings. The van der Waals surface area contributed by atoms with Crippen molar-refractivity contribution in [2.75, 3.05) is 20.6 Å². The fourth-order valence-corrected chi connectivity index (χ4v) is 4.21. The molecule has 1 saturated carbocycles. The molecule has 0 aromatic rings. The Labute approximate surface area is 134 Å². The summed E-state index contributed by atoms with van der Waals surface area (Å²) in [4.78, 5) is 2.56. The second kappa shape index (κ2) is 9.84. The van der Waals surface area contributed by atoms with Crippen molar-refractivity contribution in [3.8, 4) is 0 Å². The molecule has 1 rings (SSSR count). The maximum atomic E-state index is 3.95. The summed E-state index contributed by atoms with van der Waals surface area (Å²) in [6.45, 7) is 8.18. The summed E-state index contributed by atoms with van der Waals surface area (Å²) in [5.41, 5.74) is 0.383. The van der Waals surface area contributed by atoms with E-state index in [9.17, 15) is 0 Å². The lowest BCUT2D eigenvalue weighted by Crippen LogP contribution is -2.59. The van der Waals surface area contributed by atoms with E-state index < -0.39 is 0 Å². The maximum absolute atomic E-state index is 3.95. The number of nitrogens with zero attached hydrogens (tertiary/aromatic N) is 1. The summed E-state index contributed by atoms with van der Waals surface area (Å²) in [6, 6.07) is 0.662. The third-order valence-corrected chi connectivity index (χ3v) is 5.87. The highest BCUT2D eigenvalue weighted by molar-refractivity contribution is 5.00. The monoisotopic (exact) mass is 296 g/mol. The van der Waals surface area contributed by atoms with Crippen LogP contribution in [0.4, 0.5) is 0 Å². The lowest BCUT2D eigenvalue weighted by molar-refractivity contribution is 0.0675. The molecule has 0 heterocycles. The van der Waals surface area contributed by atoms with Gasteiger partial charge in [0.15, 0.2) is 0 Å². The summed E-state index contributed by atoms with van der Waals surface area (Å²) in [7, 11) is 4.64. The minimum Gasteiger partial charge on any atom is -0.312 e. The Hall–Kier alpha value is -0.0800. The lowest BCUT2D eigenvalue weighted by atomic mass is 9.76. The molecule has 126 valence electrons. The molecular formula is C19H40N2. The average Bonchev–Trinajstić information content (AvgIpc) is 2.74. The van der Waals surface area contributed by atoms with E-state index >= 15 is 0 Å². The molecule has 0 aliphatic heterocycles. The van der Waals surface area contributed by atoms with Gasteiger partial charge in [-0.05, 0) is 52.2 Å². The van der Waals surface area contributed by atoms with Crippen LogP contribution in [0.15, 0.2) is 0 Å². The summed E-state index contributed by atoms with van der Waals surface area (Å²) in [6.07, 6.45) is 13.7. The van der Waals surface area contributed by atoms with Gasteiger partial charge in [0.2, 0.25) is 0 Å². The first-order chi connectivity index (χ1) is 10.1. The number of likely N-dealkylation sites (N-methyl/N-ethyl adjacent to an activating group) is 1. The standard InChI is InChI=1S/C19H40N2/c1-6-15-20-18(16-17(7-2)8-3)19(21(4)5)13-11-9-10-12-14-19/h17-18,20H,6-16H2,1-5H3. The minimum absolute atomic E-state index is 0.383. The van der Waals surface area contributed by atoms with Gasteiger partial charge < -0.3 is 10.2 Å². The van der Waals surface area contributed by atoms with Crippen molar-refractivity contribution in [2.45, 2.75) is 96.6 Å². The molecule has 0 radical (unpaired) electrons. The van der Waals surface area contributed by atoms with Gasteiger partial charge in [0, 0.05) is 11.6 Å². The molecule has 1 aliphatic rings. The van der Waals surface area contributed by atoms with Gasteiger partial charge in [-0.25, -0.2) is 0 Å². The van der Waals surface area contributed by atoms with Crippen LogP contribution in [0.1, 0.15) is 85.0 Å². The molecule has 1 aliphatic carbocycles. The summed E-state index contributed by atoms with van der Waals surface area (Å²) < 4.78 is 0. The van der Waals surface area contributed by atoms with Crippen LogP contribution in [0.5, 0.6) is 0 Å². The minimum atomic E-state index is 0.383. The first-order valence-corrected chi connectivity index (χ1v) is 9.51. The van der Waals surface area contributed by atoms with Crippen LogP contribution in [0, 0.1) is 5.92 Å².